The fourth-order valence-corrected chi connectivity index (χ4v) is 4.64. The van der Waals surface area contributed by atoms with E-state index in [1.165, 1.54) is 5.56 Å². The number of hydrogen-bond donors (Lipinski definition) is 1. The van der Waals surface area contributed by atoms with Gasteiger partial charge >= 0.3 is 0 Å². The van der Waals surface area contributed by atoms with Gasteiger partial charge in [0.15, 0.2) is 5.78 Å². The van der Waals surface area contributed by atoms with Crippen molar-refractivity contribution < 1.29 is 14.3 Å². The van der Waals surface area contributed by atoms with E-state index in [-0.39, 0.29) is 16.9 Å². The van der Waals surface area contributed by atoms with E-state index in [2.05, 4.69) is 18.3 Å². The maximum absolute atomic E-state index is 12.4. The van der Waals surface area contributed by atoms with E-state index < -0.39 is 0 Å². The average Bonchev–Trinajstić information content (AvgIpc) is 2.67. The van der Waals surface area contributed by atoms with Gasteiger partial charge in [-0.15, -0.1) is 11.8 Å². The Labute approximate surface area is 178 Å². The van der Waals surface area contributed by atoms with Crippen LogP contribution in [0.1, 0.15) is 52.0 Å². The molecule has 0 aromatic heterocycles. The molecule has 0 saturated carbocycles. The summed E-state index contributed by atoms with van der Waals surface area (Å²) in [5.41, 5.74) is 6.35. The van der Waals surface area contributed by atoms with E-state index in [0.717, 1.165) is 40.0 Å². The highest BCUT2D eigenvalue weighted by Crippen LogP contribution is 2.28. The molecule has 1 amide bonds. The predicted molar refractivity (Wildman–Crippen MR) is 121 cm³/mol. The Hall–Kier alpha value is -2.27. The van der Waals surface area contributed by atoms with Gasteiger partial charge < -0.3 is 10.1 Å². The first-order valence-electron chi connectivity index (χ1n) is 9.87. The minimum absolute atomic E-state index is 0.0396. The Balaban J connectivity index is 1.90. The fraction of sp³-hybridized carbons (Fsp3) is 0.417. The highest BCUT2D eigenvalue weighted by molar-refractivity contribution is 7.99. The molecule has 2 aromatic carbocycles. The van der Waals surface area contributed by atoms with Crippen LogP contribution in [-0.2, 0) is 17.0 Å². The Morgan fingerprint density at radius 3 is 2.34 bits per heavy atom. The molecule has 0 spiro atoms. The first-order valence-corrected chi connectivity index (χ1v) is 10.9. The molecular formula is C24H31NO3S. The smallest absolute Gasteiger partial charge is 0.232 e. The van der Waals surface area contributed by atoms with Crippen molar-refractivity contribution in [2.45, 2.75) is 52.0 Å². The van der Waals surface area contributed by atoms with Crippen molar-refractivity contribution in [3.05, 3.63) is 63.7 Å². The number of carbonyl (C=O) groups is 2. The lowest BCUT2D eigenvalue weighted by Crippen LogP contribution is -2.32. The number of nitrogens with one attached hydrogen (secondary N) is 1. The summed E-state index contributed by atoms with van der Waals surface area (Å²) in [6, 6.07) is 9.95. The molecule has 2 aromatic rings. The van der Waals surface area contributed by atoms with Crippen molar-refractivity contribution in [3.63, 3.8) is 0 Å². The number of carbonyl (C=O) groups excluding carboxylic acids is 2. The van der Waals surface area contributed by atoms with E-state index in [1.54, 1.807) is 25.8 Å². The lowest BCUT2D eigenvalue weighted by atomic mass is 9.92. The quantitative estimate of drug-likeness (QED) is 0.600. The molecule has 0 heterocycles. The van der Waals surface area contributed by atoms with Gasteiger partial charge in [0, 0.05) is 17.9 Å². The van der Waals surface area contributed by atoms with Gasteiger partial charge in [-0.25, -0.2) is 0 Å². The molecule has 0 radical (unpaired) electrons. The number of aryl methyl sites for hydroxylation is 2. The Morgan fingerprint density at radius 1 is 1.10 bits per heavy atom. The molecule has 2 rings (SSSR count). The maximum Gasteiger partial charge on any atom is 0.232 e. The van der Waals surface area contributed by atoms with E-state index in [4.69, 9.17) is 4.74 Å². The van der Waals surface area contributed by atoms with Crippen LogP contribution in [0, 0.1) is 20.8 Å². The van der Waals surface area contributed by atoms with Crippen LogP contribution < -0.4 is 10.1 Å². The number of ether oxygens (including phenoxy) is 1. The molecular weight excluding hydrogens is 382 g/mol. The van der Waals surface area contributed by atoms with Crippen molar-refractivity contribution in [2.24, 2.45) is 0 Å². The molecule has 1 N–H and O–H groups in total. The molecule has 0 saturated heterocycles. The molecule has 5 heteroatoms. The van der Waals surface area contributed by atoms with Crippen LogP contribution >= 0.6 is 11.8 Å². The van der Waals surface area contributed by atoms with E-state index in [1.807, 2.05) is 45.0 Å². The number of benzene rings is 2. The molecule has 0 aliphatic rings. The first kappa shape index (κ1) is 23.0. The zero-order valence-electron chi connectivity index (χ0n) is 18.2. The van der Waals surface area contributed by atoms with Gasteiger partial charge in [0.1, 0.15) is 5.75 Å². The number of thioether (sulfide) groups is 1. The number of methoxy groups -OCH3 is 1. The van der Waals surface area contributed by atoms with Crippen LogP contribution in [-0.4, -0.2) is 30.6 Å². The second-order valence-corrected chi connectivity index (χ2v) is 8.72. The lowest BCUT2D eigenvalue weighted by Gasteiger charge is -2.17. The number of ketones is 1. The second-order valence-electron chi connectivity index (χ2n) is 7.39. The molecule has 1 unspecified atom stereocenters. The summed E-state index contributed by atoms with van der Waals surface area (Å²) in [5, 5.41) is 2.86. The van der Waals surface area contributed by atoms with Crippen molar-refractivity contribution in [1.29, 1.82) is 0 Å². The van der Waals surface area contributed by atoms with Crippen LogP contribution in [0.2, 0.25) is 0 Å². The third kappa shape index (κ3) is 6.10. The first-order chi connectivity index (χ1) is 13.7. The van der Waals surface area contributed by atoms with Gasteiger partial charge in [-0.05, 0) is 81.0 Å². The van der Waals surface area contributed by atoms with Gasteiger partial charge in [0.2, 0.25) is 5.91 Å². The SMILES string of the molecule is COc1ccc(CCNC(=O)C(C)SCc2c(C)cc(C)c(C(C)=O)c2C)cc1. The zero-order valence-corrected chi connectivity index (χ0v) is 19.0. The van der Waals surface area contributed by atoms with Gasteiger partial charge in [-0.3, -0.25) is 9.59 Å². The van der Waals surface area contributed by atoms with Crippen LogP contribution in [0.25, 0.3) is 0 Å². The number of Topliss-reactive ketones (excluding diaryl/α,β-unsaturated/α-hetero) is 1. The number of hydrogen-bond acceptors (Lipinski definition) is 4. The van der Waals surface area contributed by atoms with E-state index in [0.29, 0.717) is 12.3 Å². The molecule has 0 aliphatic heterocycles. The van der Waals surface area contributed by atoms with Crippen molar-refractivity contribution in [2.75, 3.05) is 13.7 Å². The van der Waals surface area contributed by atoms with Gasteiger partial charge in [0.05, 0.1) is 12.4 Å². The van der Waals surface area contributed by atoms with Crippen LogP contribution in [0.3, 0.4) is 0 Å². The molecule has 1 atom stereocenters. The third-order valence-corrected chi connectivity index (χ3v) is 6.37. The minimum atomic E-state index is -0.160. The standard InChI is InChI=1S/C24H31NO3S/c1-15-13-16(2)23(18(4)26)17(3)22(15)14-29-19(5)24(27)25-12-11-20-7-9-21(28-6)10-8-20/h7-10,13,19H,11-12,14H2,1-6H3,(H,25,27). The fourth-order valence-electron chi connectivity index (χ4n) is 3.54. The lowest BCUT2D eigenvalue weighted by molar-refractivity contribution is -0.120. The monoisotopic (exact) mass is 413 g/mol. The van der Waals surface area contributed by atoms with Crippen LogP contribution in [0.4, 0.5) is 0 Å². The third-order valence-electron chi connectivity index (χ3n) is 5.20. The summed E-state index contributed by atoms with van der Waals surface area (Å²) in [7, 11) is 1.65. The molecule has 4 nitrogen and oxygen atoms in total. The van der Waals surface area contributed by atoms with Crippen molar-refractivity contribution in [3.8, 4) is 5.75 Å². The predicted octanol–water partition coefficient (Wildman–Crippen LogP) is 4.80. The van der Waals surface area contributed by atoms with E-state index >= 15 is 0 Å². The summed E-state index contributed by atoms with van der Waals surface area (Å²) in [5.74, 6) is 1.68. The molecule has 156 valence electrons. The zero-order chi connectivity index (χ0) is 21.6. The van der Waals surface area contributed by atoms with Crippen molar-refractivity contribution >= 4 is 23.5 Å². The number of rotatable bonds is 9. The highest BCUT2D eigenvalue weighted by atomic mass is 32.2. The molecule has 0 aliphatic carbocycles. The van der Waals surface area contributed by atoms with Crippen LogP contribution in [0.15, 0.2) is 30.3 Å². The number of amides is 1. The van der Waals surface area contributed by atoms with Crippen molar-refractivity contribution in [1.82, 2.24) is 5.32 Å². The summed E-state index contributed by atoms with van der Waals surface area (Å²) in [4.78, 5) is 24.4. The average molecular weight is 414 g/mol. The Bertz CT molecular complexity index is 875. The van der Waals surface area contributed by atoms with Gasteiger partial charge in [-0.1, -0.05) is 18.2 Å². The largest absolute Gasteiger partial charge is 0.497 e. The summed E-state index contributed by atoms with van der Waals surface area (Å²) >= 11 is 1.60. The van der Waals surface area contributed by atoms with Gasteiger partial charge in [-0.2, -0.15) is 0 Å². The topological polar surface area (TPSA) is 55.4 Å². The minimum Gasteiger partial charge on any atom is -0.497 e. The highest BCUT2D eigenvalue weighted by Gasteiger charge is 2.17. The Kier molecular flexibility index (Phi) is 8.32. The summed E-state index contributed by atoms with van der Waals surface area (Å²) in [6.07, 6.45) is 0.783. The maximum atomic E-state index is 12.4. The normalized spacial score (nSPS) is 11.8. The van der Waals surface area contributed by atoms with Gasteiger partial charge in [0.25, 0.3) is 0 Å². The second kappa shape index (κ2) is 10.5. The molecule has 29 heavy (non-hydrogen) atoms. The van der Waals surface area contributed by atoms with E-state index in [9.17, 15) is 9.59 Å². The van der Waals surface area contributed by atoms with Crippen LogP contribution in [0.5, 0.6) is 5.75 Å². The Morgan fingerprint density at radius 2 is 1.76 bits per heavy atom. The summed E-state index contributed by atoms with van der Waals surface area (Å²) in [6.45, 7) is 10.2. The molecule has 0 bridgehead atoms. The molecule has 0 fully saturated rings. The summed E-state index contributed by atoms with van der Waals surface area (Å²) < 4.78 is 5.16.